The van der Waals surface area contributed by atoms with Gasteiger partial charge < -0.3 is 14.0 Å². The van der Waals surface area contributed by atoms with Crippen molar-refractivity contribution in [1.82, 2.24) is 9.47 Å². The maximum Gasteiger partial charge on any atom is 0.266 e. The summed E-state index contributed by atoms with van der Waals surface area (Å²) in [6.45, 7) is 1.40. The molecule has 2 heterocycles. The third-order valence-corrected chi connectivity index (χ3v) is 7.05. The first-order valence-electron chi connectivity index (χ1n) is 11.8. The van der Waals surface area contributed by atoms with Crippen LogP contribution in [0.4, 0.5) is 10.1 Å². The van der Waals surface area contributed by atoms with Crippen molar-refractivity contribution in [2.24, 2.45) is 4.99 Å². The second-order valence-electron chi connectivity index (χ2n) is 8.54. The molecule has 1 aromatic heterocycles. The lowest BCUT2D eigenvalue weighted by atomic mass is 10.1. The van der Waals surface area contributed by atoms with Gasteiger partial charge in [0.05, 0.1) is 30.9 Å². The van der Waals surface area contributed by atoms with Crippen LogP contribution in [0.15, 0.2) is 88.9 Å². The van der Waals surface area contributed by atoms with Crippen molar-refractivity contribution in [3.8, 4) is 5.75 Å². The number of hydrogen-bond donors (Lipinski definition) is 0. The molecule has 0 unspecified atom stereocenters. The van der Waals surface area contributed by atoms with Crippen LogP contribution in [-0.4, -0.2) is 47.9 Å². The minimum Gasteiger partial charge on any atom is -0.497 e. The van der Waals surface area contributed by atoms with Crippen molar-refractivity contribution in [3.63, 3.8) is 0 Å². The molecule has 1 amide bonds. The maximum atomic E-state index is 13.6. The summed E-state index contributed by atoms with van der Waals surface area (Å²) in [5.74, 6) is 0.408. The fourth-order valence-electron chi connectivity index (χ4n) is 4.17. The third kappa shape index (κ3) is 5.60. The second kappa shape index (κ2) is 11.0. The van der Waals surface area contributed by atoms with E-state index in [1.54, 1.807) is 31.3 Å². The lowest BCUT2D eigenvalue weighted by Gasteiger charge is -2.14. The molecule has 1 saturated heterocycles. The smallest absolute Gasteiger partial charge is 0.266 e. The molecule has 1 aliphatic heterocycles. The predicted molar refractivity (Wildman–Crippen MR) is 147 cm³/mol. The molecule has 0 saturated carbocycles. The molecule has 1 fully saturated rings. The summed E-state index contributed by atoms with van der Waals surface area (Å²) in [4.78, 5) is 20.2. The predicted octanol–water partition coefficient (Wildman–Crippen LogP) is 6.09. The van der Waals surface area contributed by atoms with Crippen LogP contribution in [0.25, 0.3) is 17.0 Å². The van der Waals surface area contributed by atoms with Gasteiger partial charge in [-0.1, -0.05) is 18.2 Å². The lowest BCUT2D eigenvalue weighted by Crippen LogP contribution is -2.32. The van der Waals surface area contributed by atoms with E-state index in [9.17, 15) is 9.18 Å². The minimum atomic E-state index is -0.240. The number of amidine groups is 1. The molecule has 37 heavy (non-hydrogen) atoms. The molecule has 0 bridgehead atoms. The Kier molecular flexibility index (Phi) is 7.39. The maximum absolute atomic E-state index is 13.6. The van der Waals surface area contributed by atoms with Gasteiger partial charge in [0.15, 0.2) is 5.17 Å². The quantitative estimate of drug-likeness (QED) is 0.267. The van der Waals surface area contributed by atoms with Gasteiger partial charge in [-0.05, 0) is 83.6 Å². The number of ether oxygens (including phenoxy) is 2. The van der Waals surface area contributed by atoms with Gasteiger partial charge in [-0.3, -0.25) is 9.69 Å². The molecule has 0 spiro atoms. The number of methoxy groups -OCH3 is 2. The van der Waals surface area contributed by atoms with Gasteiger partial charge in [0.2, 0.25) is 0 Å². The molecule has 3 aromatic carbocycles. The van der Waals surface area contributed by atoms with Crippen LogP contribution in [0, 0.1) is 5.82 Å². The summed E-state index contributed by atoms with van der Waals surface area (Å²) in [6.07, 6.45) is 3.89. The van der Waals surface area contributed by atoms with Gasteiger partial charge in [0, 0.05) is 30.8 Å². The summed E-state index contributed by atoms with van der Waals surface area (Å²) < 4.78 is 26.1. The summed E-state index contributed by atoms with van der Waals surface area (Å²) in [7, 11) is 3.23. The molecular weight excluding hydrogens is 489 g/mol. The molecule has 188 valence electrons. The highest BCUT2D eigenvalue weighted by Gasteiger charge is 2.33. The zero-order valence-corrected chi connectivity index (χ0v) is 21.4. The van der Waals surface area contributed by atoms with Gasteiger partial charge in [-0.15, -0.1) is 0 Å². The van der Waals surface area contributed by atoms with Crippen LogP contribution in [0.2, 0.25) is 0 Å². The Balaban J connectivity index is 1.41. The second-order valence-corrected chi connectivity index (χ2v) is 9.55. The van der Waals surface area contributed by atoms with E-state index in [1.807, 2.05) is 60.8 Å². The first-order valence-corrected chi connectivity index (χ1v) is 12.6. The molecule has 6 nitrogen and oxygen atoms in total. The van der Waals surface area contributed by atoms with Crippen LogP contribution in [0.1, 0.15) is 11.1 Å². The summed E-state index contributed by atoms with van der Waals surface area (Å²) in [5.41, 5.74) is 3.60. The number of aliphatic imine (C=N–C) groups is 1. The average molecular weight is 516 g/mol. The van der Waals surface area contributed by atoms with E-state index in [1.165, 1.54) is 17.8 Å². The van der Waals surface area contributed by atoms with Crippen molar-refractivity contribution in [1.29, 1.82) is 0 Å². The van der Waals surface area contributed by atoms with Crippen molar-refractivity contribution < 1.29 is 18.7 Å². The van der Waals surface area contributed by atoms with E-state index in [2.05, 4.69) is 10.6 Å². The summed E-state index contributed by atoms with van der Waals surface area (Å²) in [5, 5.41) is 1.66. The molecule has 8 heteroatoms. The van der Waals surface area contributed by atoms with Gasteiger partial charge in [-0.2, -0.15) is 0 Å². The highest BCUT2D eigenvalue weighted by atomic mass is 32.2. The van der Waals surface area contributed by atoms with Crippen LogP contribution < -0.4 is 4.74 Å². The van der Waals surface area contributed by atoms with E-state index in [0.29, 0.717) is 29.8 Å². The van der Waals surface area contributed by atoms with Crippen molar-refractivity contribution in [3.05, 3.63) is 101 Å². The zero-order valence-electron chi connectivity index (χ0n) is 20.6. The van der Waals surface area contributed by atoms with Crippen LogP contribution in [0.3, 0.4) is 0 Å². The fraction of sp³-hybridized carbons (Fsp3) is 0.172. The van der Waals surface area contributed by atoms with E-state index >= 15 is 0 Å². The average Bonchev–Trinajstić information content (AvgIpc) is 3.43. The number of benzene rings is 3. The zero-order chi connectivity index (χ0) is 25.8. The Morgan fingerprint density at radius 2 is 1.86 bits per heavy atom. The SMILES string of the molecule is COCCN1C(=O)/C(=C\c2ccc3c(ccn3Cc3cccc(F)c3)c2)SC1=Nc1ccc(OC)cc1. The molecular formula is C29H26FN3O3S. The largest absolute Gasteiger partial charge is 0.497 e. The highest BCUT2D eigenvalue weighted by Crippen LogP contribution is 2.35. The van der Waals surface area contributed by atoms with Crippen molar-refractivity contribution >= 4 is 45.5 Å². The van der Waals surface area contributed by atoms with Crippen molar-refractivity contribution in [2.75, 3.05) is 27.4 Å². The molecule has 0 atom stereocenters. The number of aromatic nitrogens is 1. The molecule has 5 rings (SSSR count). The van der Waals surface area contributed by atoms with Crippen LogP contribution in [0.5, 0.6) is 5.75 Å². The van der Waals surface area contributed by atoms with Crippen LogP contribution in [-0.2, 0) is 16.1 Å². The fourth-order valence-corrected chi connectivity index (χ4v) is 5.19. The monoisotopic (exact) mass is 515 g/mol. The first kappa shape index (κ1) is 24.8. The number of thioether (sulfide) groups is 1. The van der Waals surface area contributed by atoms with E-state index < -0.39 is 0 Å². The van der Waals surface area contributed by atoms with Gasteiger partial charge in [-0.25, -0.2) is 9.38 Å². The molecule has 0 N–H and O–H groups in total. The number of halogens is 1. The van der Waals surface area contributed by atoms with Gasteiger partial charge in [0.25, 0.3) is 5.91 Å². The number of hydrogen-bond acceptors (Lipinski definition) is 5. The normalized spacial score (nSPS) is 15.9. The first-order chi connectivity index (χ1) is 18.0. The van der Waals surface area contributed by atoms with Crippen LogP contribution >= 0.6 is 11.8 Å². The van der Waals surface area contributed by atoms with E-state index in [-0.39, 0.29) is 11.7 Å². The number of carbonyl (C=O) groups excluding carboxylic acids is 1. The summed E-state index contributed by atoms with van der Waals surface area (Å²) in [6, 6.07) is 22.1. The minimum absolute atomic E-state index is 0.0990. The number of carbonyl (C=O) groups is 1. The molecule has 0 aliphatic carbocycles. The Morgan fingerprint density at radius 3 is 2.62 bits per heavy atom. The molecule has 0 radical (unpaired) electrons. The van der Waals surface area contributed by atoms with E-state index in [0.717, 1.165) is 33.5 Å². The number of rotatable bonds is 8. The highest BCUT2D eigenvalue weighted by molar-refractivity contribution is 8.18. The topological polar surface area (TPSA) is 56.1 Å². The number of amides is 1. The third-order valence-electron chi connectivity index (χ3n) is 6.04. The molecule has 1 aliphatic rings. The number of nitrogens with zero attached hydrogens (tertiary/aromatic N) is 3. The Bertz CT molecular complexity index is 1490. The Hall–Kier alpha value is -3.88. The Morgan fingerprint density at radius 1 is 1.03 bits per heavy atom. The van der Waals surface area contributed by atoms with Gasteiger partial charge >= 0.3 is 0 Å². The van der Waals surface area contributed by atoms with Crippen molar-refractivity contribution in [2.45, 2.75) is 6.54 Å². The summed E-state index contributed by atoms with van der Waals surface area (Å²) >= 11 is 1.35. The standard InChI is InChI=1S/C29H26FN3O3S/c1-35-15-14-33-28(34)27(37-29(33)31-24-7-9-25(36-2)10-8-24)18-20-6-11-26-22(16-20)12-13-32(26)19-21-4-3-5-23(30)17-21/h3-13,16-18H,14-15,19H2,1-2H3/b27-18+,31-29?. The van der Waals surface area contributed by atoms with Gasteiger partial charge in [0.1, 0.15) is 11.6 Å². The van der Waals surface area contributed by atoms with E-state index in [4.69, 9.17) is 14.5 Å². The number of fused-ring (bicyclic) bond motifs is 1. The lowest BCUT2D eigenvalue weighted by molar-refractivity contribution is -0.122. The molecule has 4 aromatic rings. The Labute approximate surface area is 219 Å².